The van der Waals surface area contributed by atoms with Crippen LogP contribution < -0.4 is 5.73 Å². The van der Waals surface area contributed by atoms with Crippen LogP contribution in [-0.2, 0) is 6.54 Å². The summed E-state index contributed by atoms with van der Waals surface area (Å²) in [4.78, 5) is 5.73. The molecule has 1 aromatic carbocycles. The van der Waals surface area contributed by atoms with Gasteiger partial charge in [0.2, 0.25) is 0 Å². The van der Waals surface area contributed by atoms with Crippen LogP contribution in [0.1, 0.15) is 9.88 Å². The molecule has 2 nitrogen and oxygen atoms in total. The number of nitrogens with zero attached hydrogens (tertiary/aromatic N) is 1. The Bertz CT molecular complexity index is 462. The molecular formula is C11H11BrN2S. The number of thiazole rings is 1. The molecule has 1 heterocycles. The van der Waals surface area contributed by atoms with Gasteiger partial charge in [-0.3, -0.25) is 0 Å². The van der Waals surface area contributed by atoms with Gasteiger partial charge < -0.3 is 5.73 Å². The van der Waals surface area contributed by atoms with Gasteiger partial charge in [-0.15, -0.1) is 11.3 Å². The Morgan fingerprint density at radius 1 is 1.33 bits per heavy atom. The number of hydrogen-bond donors (Lipinski definition) is 1. The van der Waals surface area contributed by atoms with E-state index in [4.69, 9.17) is 5.73 Å². The third-order valence-electron chi connectivity index (χ3n) is 2.13. The smallest absolute Gasteiger partial charge is 0.107 e. The molecule has 0 aliphatic heterocycles. The maximum atomic E-state index is 5.57. The second kappa shape index (κ2) is 4.43. The van der Waals surface area contributed by atoms with Crippen LogP contribution in [0.3, 0.4) is 0 Å². The summed E-state index contributed by atoms with van der Waals surface area (Å²) in [5, 5.41) is 0.991. The van der Waals surface area contributed by atoms with Crippen LogP contribution >= 0.6 is 27.3 Å². The zero-order chi connectivity index (χ0) is 10.8. The van der Waals surface area contributed by atoms with E-state index < -0.39 is 0 Å². The normalized spacial score (nSPS) is 10.6. The molecule has 0 amide bonds. The van der Waals surface area contributed by atoms with E-state index in [-0.39, 0.29) is 0 Å². The Hall–Kier alpha value is -0.710. The van der Waals surface area contributed by atoms with E-state index in [1.807, 2.05) is 12.1 Å². The number of rotatable bonds is 2. The largest absolute Gasteiger partial charge is 0.325 e. The summed E-state index contributed by atoms with van der Waals surface area (Å²) in [6.45, 7) is 2.59. The van der Waals surface area contributed by atoms with E-state index in [2.05, 4.69) is 40.0 Å². The SMILES string of the molecule is Cc1sc(CN)nc1-c1ccc(Br)cc1. The first kappa shape index (κ1) is 10.8. The Labute approximate surface area is 101 Å². The van der Waals surface area contributed by atoms with E-state index in [9.17, 15) is 0 Å². The summed E-state index contributed by atoms with van der Waals surface area (Å²) in [5.74, 6) is 0. The quantitative estimate of drug-likeness (QED) is 0.918. The molecular weight excluding hydrogens is 272 g/mol. The maximum absolute atomic E-state index is 5.57. The molecule has 1 aromatic heterocycles. The highest BCUT2D eigenvalue weighted by Gasteiger charge is 2.08. The van der Waals surface area contributed by atoms with Crippen molar-refractivity contribution >= 4 is 27.3 Å². The third-order valence-corrected chi connectivity index (χ3v) is 3.65. The maximum Gasteiger partial charge on any atom is 0.107 e. The number of aryl methyl sites for hydroxylation is 1. The van der Waals surface area contributed by atoms with Crippen molar-refractivity contribution in [2.45, 2.75) is 13.5 Å². The topological polar surface area (TPSA) is 38.9 Å². The van der Waals surface area contributed by atoms with E-state index in [0.29, 0.717) is 6.54 Å². The Kier molecular flexibility index (Phi) is 3.19. The fraction of sp³-hybridized carbons (Fsp3) is 0.182. The first-order chi connectivity index (χ1) is 7.20. The molecule has 0 aliphatic carbocycles. The van der Waals surface area contributed by atoms with Gasteiger partial charge in [0.15, 0.2) is 0 Å². The molecule has 0 fully saturated rings. The molecule has 2 rings (SSSR count). The number of hydrogen-bond acceptors (Lipinski definition) is 3. The van der Waals surface area contributed by atoms with E-state index in [0.717, 1.165) is 20.7 Å². The Balaban J connectivity index is 2.44. The predicted molar refractivity (Wildman–Crippen MR) is 67.9 cm³/mol. The van der Waals surface area contributed by atoms with Gasteiger partial charge in [0.1, 0.15) is 5.01 Å². The molecule has 2 aromatic rings. The van der Waals surface area contributed by atoms with Gasteiger partial charge in [0, 0.05) is 21.5 Å². The molecule has 4 heteroatoms. The van der Waals surface area contributed by atoms with E-state index >= 15 is 0 Å². The minimum absolute atomic E-state index is 0.516. The fourth-order valence-electron chi connectivity index (χ4n) is 1.41. The van der Waals surface area contributed by atoms with Crippen LogP contribution in [0.2, 0.25) is 0 Å². The van der Waals surface area contributed by atoms with Gasteiger partial charge >= 0.3 is 0 Å². The minimum atomic E-state index is 0.516. The molecule has 2 N–H and O–H groups in total. The van der Waals surface area contributed by atoms with Crippen LogP contribution in [0, 0.1) is 6.92 Å². The van der Waals surface area contributed by atoms with Gasteiger partial charge in [0.05, 0.1) is 5.69 Å². The monoisotopic (exact) mass is 282 g/mol. The molecule has 0 saturated carbocycles. The number of nitrogens with two attached hydrogens (primary N) is 1. The van der Waals surface area contributed by atoms with Crippen LogP contribution in [-0.4, -0.2) is 4.98 Å². The average Bonchev–Trinajstić information content (AvgIpc) is 2.61. The third kappa shape index (κ3) is 2.27. The molecule has 0 unspecified atom stereocenters. The zero-order valence-corrected chi connectivity index (χ0v) is 10.7. The lowest BCUT2D eigenvalue weighted by Gasteiger charge is -1.98. The van der Waals surface area contributed by atoms with Crippen molar-refractivity contribution in [1.29, 1.82) is 0 Å². The van der Waals surface area contributed by atoms with Gasteiger partial charge in [-0.25, -0.2) is 4.98 Å². The van der Waals surface area contributed by atoms with Crippen molar-refractivity contribution in [2.75, 3.05) is 0 Å². The second-order valence-electron chi connectivity index (χ2n) is 3.22. The highest BCUT2D eigenvalue weighted by Crippen LogP contribution is 2.28. The standard InChI is InChI=1S/C11H11BrN2S/c1-7-11(14-10(6-13)15-7)8-2-4-9(12)5-3-8/h2-5H,6,13H2,1H3. The molecule has 0 bridgehead atoms. The van der Waals surface area contributed by atoms with Crippen molar-refractivity contribution in [3.63, 3.8) is 0 Å². The minimum Gasteiger partial charge on any atom is -0.325 e. The van der Waals surface area contributed by atoms with Gasteiger partial charge in [-0.1, -0.05) is 28.1 Å². The van der Waals surface area contributed by atoms with Crippen molar-refractivity contribution in [1.82, 2.24) is 4.98 Å². The fourth-order valence-corrected chi connectivity index (χ4v) is 2.51. The van der Waals surface area contributed by atoms with Crippen LogP contribution in [0.4, 0.5) is 0 Å². The number of halogens is 1. The van der Waals surface area contributed by atoms with Gasteiger partial charge in [-0.2, -0.15) is 0 Å². The van der Waals surface area contributed by atoms with Crippen molar-refractivity contribution < 1.29 is 0 Å². The molecule has 0 atom stereocenters. The Morgan fingerprint density at radius 3 is 2.53 bits per heavy atom. The number of benzene rings is 1. The van der Waals surface area contributed by atoms with Gasteiger partial charge in [0.25, 0.3) is 0 Å². The van der Waals surface area contributed by atoms with Crippen molar-refractivity contribution in [3.05, 3.63) is 38.6 Å². The zero-order valence-electron chi connectivity index (χ0n) is 8.33. The van der Waals surface area contributed by atoms with Crippen molar-refractivity contribution in [2.24, 2.45) is 5.73 Å². The van der Waals surface area contributed by atoms with Crippen molar-refractivity contribution in [3.8, 4) is 11.3 Å². The summed E-state index contributed by atoms with van der Waals surface area (Å²) in [6.07, 6.45) is 0. The molecule has 0 aliphatic rings. The Morgan fingerprint density at radius 2 is 2.00 bits per heavy atom. The second-order valence-corrected chi connectivity index (χ2v) is 5.43. The molecule has 15 heavy (non-hydrogen) atoms. The van der Waals surface area contributed by atoms with E-state index in [1.165, 1.54) is 4.88 Å². The summed E-state index contributed by atoms with van der Waals surface area (Å²) in [6, 6.07) is 8.17. The lowest BCUT2D eigenvalue weighted by Crippen LogP contribution is -1.94. The lowest BCUT2D eigenvalue weighted by molar-refractivity contribution is 1.04. The van der Waals surface area contributed by atoms with Crippen LogP contribution in [0.15, 0.2) is 28.7 Å². The molecule has 78 valence electrons. The first-order valence-corrected chi connectivity index (χ1v) is 6.24. The van der Waals surface area contributed by atoms with E-state index in [1.54, 1.807) is 11.3 Å². The highest BCUT2D eigenvalue weighted by molar-refractivity contribution is 9.10. The summed E-state index contributed by atoms with van der Waals surface area (Å²) >= 11 is 5.08. The molecule has 0 radical (unpaired) electrons. The van der Waals surface area contributed by atoms with Gasteiger partial charge in [-0.05, 0) is 19.1 Å². The van der Waals surface area contributed by atoms with Crippen LogP contribution in [0.25, 0.3) is 11.3 Å². The highest BCUT2D eigenvalue weighted by atomic mass is 79.9. The summed E-state index contributed by atoms with van der Waals surface area (Å²) < 4.78 is 1.08. The van der Waals surface area contributed by atoms with Crippen LogP contribution in [0.5, 0.6) is 0 Å². The number of aromatic nitrogens is 1. The lowest BCUT2D eigenvalue weighted by atomic mass is 10.1. The summed E-state index contributed by atoms with van der Waals surface area (Å²) in [7, 11) is 0. The predicted octanol–water partition coefficient (Wildman–Crippen LogP) is 3.34. The summed E-state index contributed by atoms with van der Waals surface area (Å²) in [5.41, 5.74) is 7.77. The average molecular weight is 283 g/mol. The molecule has 0 saturated heterocycles. The first-order valence-electron chi connectivity index (χ1n) is 4.63. The molecule has 0 spiro atoms.